The zero-order valence-corrected chi connectivity index (χ0v) is 18.8. The Bertz CT molecular complexity index is 640. The third kappa shape index (κ3) is 7.55. The van der Waals surface area contributed by atoms with Gasteiger partial charge in [0.2, 0.25) is 5.91 Å². The molecule has 2 heterocycles. The summed E-state index contributed by atoms with van der Waals surface area (Å²) in [5, 5.41) is 3.47. The van der Waals surface area contributed by atoms with E-state index in [9.17, 15) is 4.79 Å². The molecule has 1 saturated heterocycles. The maximum Gasteiger partial charge on any atom is 0.243 e. The standard InChI is InChI=1S/C22H38N6O/c1-6-18(2)25-22(24-17-21(29)26(3)4)27(5)14-9-19-10-15-28(16-11-19)20-7-12-23-13-8-20/h7-8,12-13,18-19H,6,9-11,14-17H2,1-5H3,(H,24,25). The second-order valence-electron chi connectivity index (χ2n) is 8.23. The SMILES string of the molecule is CCC(C)NC(=NCC(=O)N(C)C)N(C)CCC1CCN(c2ccncc2)CC1. The van der Waals surface area contributed by atoms with Crippen LogP contribution >= 0.6 is 0 Å². The first-order valence-corrected chi connectivity index (χ1v) is 10.8. The van der Waals surface area contributed by atoms with Gasteiger partial charge in [-0.2, -0.15) is 0 Å². The van der Waals surface area contributed by atoms with Crippen LogP contribution in [0.4, 0.5) is 5.69 Å². The van der Waals surface area contributed by atoms with Crippen molar-refractivity contribution in [2.24, 2.45) is 10.9 Å². The zero-order chi connectivity index (χ0) is 21.2. The Labute approximate surface area is 176 Å². The van der Waals surface area contributed by atoms with Gasteiger partial charge in [0.25, 0.3) is 0 Å². The van der Waals surface area contributed by atoms with E-state index in [-0.39, 0.29) is 12.5 Å². The number of aliphatic imine (C=N–C) groups is 1. The summed E-state index contributed by atoms with van der Waals surface area (Å²) in [4.78, 5) is 26.8. The van der Waals surface area contributed by atoms with Crippen molar-refractivity contribution in [3.63, 3.8) is 0 Å². The number of anilines is 1. The van der Waals surface area contributed by atoms with Crippen molar-refractivity contribution < 1.29 is 4.79 Å². The van der Waals surface area contributed by atoms with Crippen LogP contribution in [0.25, 0.3) is 0 Å². The lowest BCUT2D eigenvalue weighted by Gasteiger charge is -2.34. The number of likely N-dealkylation sites (N-methyl/N-ethyl adjacent to an activating group) is 1. The molecular weight excluding hydrogens is 364 g/mol. The van der Waals surface area contributed by atoms with Crippen molar-refractivity contribution in [2.75, 3.05) is 52.2 Å². The normalized spacial score (nSPS) is 16.4. The van der Waals surface area contributed by atoms with Crippen molar-refractivity contribution in [1.29, 1.82) is 0 Å². The second kappa shape index (κ2) is 11.6. The van der Waals surface area contributed by atoms with Crippen molar-refractivity contribution in [3.05, 3.63) is 24.5 Å². The highest BCUT2D eigenvalue weighted by Crippen LogP contribution is 2.24. The molecule has 7 heteroatoms. The highest BCUT2D eigenvalue weighted by atomic mass is 16.2. The lowest BCUT2D eigenvalue weighted by molar-refractivity contribution is -0.127. The lowest BCUT2D eigenvalue weighted by atomic mass is 9.93. The number of piperidine rings is 1. The molecule has 1 aliphatic rings. The predicted molar refractivity (Wildman–Crippen MR) is 120 cm³/mol. The number of amides is 1. The monoisotopic (exact) mass is 402 g/mol. The van der Waals surface area contributed by atoms with Crippen molar-refractivity contribution >= 4 is 17.6 Å². The summed E-state index contributed by atoms with van der Waals surface area (Å²) in [7, 11) is 5.60. The first-order chi connectivity index (χ1) is 13.9. The number of nitrogens with zero attached hydrogens (tertiary/aromatic N) is 5. The van der Waals surface area contributed by atoms with E-state index in [0.717, 1.165) is 44.4 Å². The van der Waals surface area contributed by atoms with Gasteiger partial charge in [0.15, 0.2) is 5.96 Å². The zero-order valence-electron chi connectivity index (χ0n) is 18.8. The molecule has 0 aromatic carbocycles. The molecule has 1 N–H and O–H groups in total. The maximum absolute atomic E-state index is 11.9. The Balaban J connectivity index is 1.84. The number of hydrogen-bond donors (Lipinski definition) is 1. The molecule has 162 valence electrons. The molecule has 1 aromatic rings. The Kier molecular flexibility index (Phi) is 9.22. The molecule has 1 amide bonds. The van der Waals surface area contributed by atoms with Crippen LogP contribution in [0.15, 0.2) is 29.5 Å². The number of rotatable bonds is 8. The van der Waals surface area contributed by atoms with Crippen LogP contribution < -0.4 is 10.2 Å². The van der Waals surface area contributed by atoms with Crippen LogP contribution in [0.5, 0.6) is 0 Å². The maximum atomic E-state index is 11.9. The third-order valence-corrected chi connectivity index (χ3v) is 5.73. The number of pyridine rings is 1. The van der Waals surface area contributed by atoms with E-state index >= 15 is 0 Å². The third-order valence-electron chi connectivity index (χ3n) is 5.73. The summed E-state index contributed by atoms with van der Waals surface area (Å²) in [5.74, 6) is 1.57. The molecule has 1 aromatic heterocycles. The smallest absolute Gasteiger partial charge is 0.243 e. The molecule has 1 atom stereocenters. The number of aromatic nitrogens is 1. The van der Waals surface area contributed by atoms with Gasteiger partial charge in [-0.15, -0.1) is 0 Å². The summed E-state index contributed by atoms with van der Waals surface area (Å²) < 4.78 is 0. The van der Waals surface area contributed by atoms with Crippen LogP contribution in [-0.2, 0) is 4.79 Å². The molecule has 2 rings (SSSR count). The van der Waals surface area contributed by atoms with E-state index in [1.165, 1.54) is 18.5 Å². The van der Waals surface area contributed by atoms with Crippen LogP contribution in [0.2, 0.25) is 0 Å². The number of carbonyl (C=O) groups excluding carboxylic acids is 1. The van der Waals surface area contributed by atoms with Gasteiger partial charge in [-0.05, 0) is 50.7 Å². The molecule has 0 bridgehead atoms. The van der Waals surface area contributed by atoms with Gasteiger partial charge in [-0.25, -0.2) is 4.99 Å². The fourth-order valence-electron chi connectivity index (χ4n) is 3.40. The Morgan fingerprint density at radius 1 is 1.28 bits per heavy atom. The van der Waals surface area contributed by atoms with E-state index in [1.54, 1.807) is 19.0 Å². The second-order valence-corrected chi connectivity index (χ2v) is 8.23. The van der Waals surface area contributed by atoms with Crippen LogP contribution in [0.1, 0.15) is 39.5 Å². The van der Waals surface area contributed by atoms with Crippen molar-refractivity contribution in [1.82, 2.24) is 20.1 Å². The molecule has 0 spiro atoms. The summed E-state index contributed by atoms with van der Waals surface area (Å²) in [6, 6.07) is 4.51. The number of guanidine groups is 1. The van der Waals surface area contributed by atoms with E-state index in [0.29, 0.717) is 6.04 Å². The van der Waals surface area contributed by atoms with E-state index in [1.807, 2.05) is 12.4 Å². The summed E-state index contributed by atoms with van der Waals surface area (Å²) in [5.41, 5.74) is 1.27. The summed E-state index contributed by atoms with van der Waals surface area (Å²) >= 11 is 0. The van der Waals surface area contributed by atoms with E-state index in [4.69, 9.17) is 0 Å². The van der Waals surface area contributed by atoms with Crippen LogP contribution in [0, 0.1) is 5.92 Å². The lowest BCUT2D eigenvalue weighted by Crippen LogP contribution is -2.44. The highest BCUT2D eigenvalue weighted by molar-refractivity contribution is 5.84. The quantitative estimate of drug-likeness (QED) is 0.535. The van der Waals surface area contributed by atoms with Crippen LogP contribution in [0.3, 0.4) is 0 Å². The van der Waals surface area contributed by atoms with Crippen molar-refractivity contribution in [2.45, 2.75) is 45.6 Å². The Morgan fingerprint density at radius 3 is 2.52 bits per heavy atom. The van der Waals surface area contributed by atoms with E-state index < -0.39 is 0 Å². The summed E-state index contributed by atoms with van der Waals surface area (Å²) in [6.07, 6.45) is 8.30. The first-order valence-electron chi connectivity index (χ1n) is 10.8. The molecular formula is C22H38N6O. The van der Waals surface area contributed by atoms with Gasteiger partial charge in [0, 0.05) is 64.9 Å². The molecule has 29 heavy (non-hydrogen) atoms. The largest absolute Gasteiger partial charge is 0.371 e. The Hall–Kier alpha value is -2.31. The van der Waals surface area contributed by atoms with E-state index in [2.05, 4.69) is 58.1 Å². The number of hydrogen-bond acceptors (Lipinski definition) is 4. The molecule has 1 fully saturated rings. The fraction of sp³-hybridized carbons (Fsp3) is 0.682. The number of nitrogens with one attached hydrogen (secondary N) is 1. The molecule has 0 radical (unpaired) electrons. The molecule has 7 nitrogen and oxygen atoms in total. The van der Waals surface area contributed by atoms with Gasteiger partial charge < -0.3 is 20.0 Å². The van der Waals surface area contributed by atoms with Gasteiger partial charge in [-0.3, -0.25) is 9.78 Å². The average Bonchev–Trinajstić information content (AvgIpc) is 2.75. The van der Waals surface area contributed by atoms with Crippen molar-refractivity contribution in [3.8, 4) is 0 Å². The van der Waals surface area contributed by atoms with Gasteiger partial charge >= 0.3 is 0 Å². The molecule has 0 saturated carbocycles. The van der Waals surface area contributed by atoms with Gasteiger partial charge in [-0.1, -0.05) is 6.92 Å². The number of carbonyl (C=O) groups is 1. The summed E-state index contributed by atoms with van der Waals surface area (Å²) in [6.45, 7) is 7.62. The predicted octanol–water partition coefficient (Wildman–Crippen LogP) is 2.45. The minimum Gasteiger partial charge on any atom is -0.371 e. The molecule has 1 unspecified atom stereocenters. The highest BCUT2D eigenvalue weighted by Gasteiger charge is 2.20. The average molecular weight is 403 g/mol. The Morgan fingerprint density at radius 2 is 1.93 bits per heavy atom. The minimum atomic E-state index is 0.0188. The topological polar surface area (TPSA) is 64.1 Å². The molecule has 1 aliphatic heterocycles. The van der Waals surface area contributed by atoms with Gasteiger partial charge in [0.05, 0.1) is 0 Å². The van der Waals surface area contributed by atoms with Crippen LogP contribution in [-0.4, -0.2) is 80.0 Å². The fourth-order valence-corrected chi connectivity index (χ4v) is 3.40. The minimum absolute atomic E-state index is 0.0188. The van der Waals surface area contributed by atoms with Gasteiger partial charge in [0.1, 0.15) is 6.54 Å². The first kappa shape index (κ1) is 23.0. The molecule has 0 aliphatic carbocycles.